The van der Waals surface area contributed by atoms with Crippen LogP contribution < -0.4 is 0 Å². The predicted molar refractivity (Wildman–Crippen MR) is 62.3 cm³/mol. The van der Waals surface area contributed by atoms with Gasteiger partial charge in [-0.1, -0.05) is 22.6 Å². The molecule has 0 fully saturated rings. The fourth-order valence-corrected chi connectivity index (χ4v) is 0. The van der Waals surface area contributed by atoms with E-state index in [9.17, 15) is 0 Å². The number of hydrogen-bond donors (Lipinski definition) is 1. The minimum Gasteiger partial charge on any atom is -0.299 e. The lowest BCUT2D eigenvalue weighted by molar-refractivity contribution is 1.54. The zero-order valence-electron chi connectivity index (χ0n) is 5.19. The Morgan fingerprint density at radius 1 is 1.50 bits per heavy atom. The van der Waals surface area contributed by atoms with Crippen LogP contribution in [0.2, 0.25) is 0 Å². The Labute approximate surface area is 86.1 Å². The molecule has 0 atom stereocenters. The van der Waals surface area contributed by atoms with Gasteiger partial charge < -0.3 is 0 Å². The molecule has 0 aliphatic heterocycles. The second-order valence-electron chi connectivity index (χ2n) is 0.760. The summed E-state index contributed by atoms with van der Waals surface area (Å²) in [6.45, 7) is 1.77. The van der Waals surface area contributed by atoms with Crippen molar-refractivity contribution in [3.8, 4) is 0 Å². The number of alkyl halides is 1. The van der Waals surface area contributed by atoms with E-state index < -0.39 is 0 Å². The standard InChI is InChI=1S/C3H7NS.CH3I.HI/c1-3(4)5-2;1-2;/h4H,1-2H3;1H3;1H. The molecule has 0 spiro atoms. The molecule has 0 amide bonds. The van der Waals surface area contributed by atoms with E-state index in [2.05, 4.69) is 22.6 Å². The van der Waals surface area contributed by atoms with E-state index in [0.29, 0.717) is 5.04 Å². The van der Waals surface area contributed by atoms with Crippen LogP contribution in [-0.2, 0) is 0 Å². The number of thioether (sulfide) groups is 1. The summed E-state index contributed by atoms with van der Waals surface area (Å²) in [5.74, 6) is 0. The summed E-state index contributed by atoms with van der Waals surface area (Å²) >= 11 is 3.61. The monoisotopic (exact) mass is 359 g/mol. The van der Waals surface area contributed by atoms with Crippen molar-refractivity contribution in [3.63, 3.8) is 0 Å². The molecule has 0 radical (unpaired) electrons. The zero-order chi connectivity index (χ0) is 6.28. The van der Waals surface area contributed by atoms with Crippen LogP contribution in [0.4, 0.5) is 0 Å². The zero-order valence-corrected chi connectivity index (χ0v) is 10.5. The van der Waals surface area contributed by atoms with E-state index >= 15 is 0 Å². The van der Waals surface area contributed by atoms with E-state index in [1.807, 2.05) is 11.2 Å². The van der Waals surface area contributed by atoms with Gasteiger partial charge >= 0.3 is 0 Å². The highest BCUT2D eigenvalue weighted by Gasteiger charge is 1.70. The van der Waals surface area contributed by atoms with Gasteiger partial charge in [0.1, 0.15) is 0 Å². The minimum absolute atomic E-state index is 0. The first-order chi connectivity index (χ1) is 3.27. The van der Waals surface area contributed by atoms with Crippen molar-refractivity contribution in [2.75, 3.05) is 11.2 Å². The summed E-state index contributed by atoms with van der Waals surface area (Å²) < 4.78 is 0. The minimum atomic E-state index is 0. The summed E-state index contributed by atoms with van der Waals surface area (Å²) in [6.07, 6.45) is 1.89. The van der Waals surface area contributed by atoms with Crippen LogP contribution >= 0.6 is 58.3 Å². The Hall–Kier alpha value is 1.48. The number of nitrogens with one attached hydrogen (secondary N) is 1. The smallest absolute Gasteiger partial charge is 0.0607 e. The third kappa shape index (κ3) is 25.9. The van der Waals surface area contributed by atoms with Gasteiger partial charge in [0.25, 0.3) is 0 Å². The highest BCUT2D eigenvalue weighted by molar-refractivity contribution is 14.1. The third-order valence-corrected chi connectivity index (χ3v) is 0.919. The van der Waals surface area contributed by atoms with Crippen LogP contribution in [0, 0.1) is 5.41 Å². The number of halogens is 2. The number of hydrogen-bond acceptors (Lipinski definition) is 2. The molecule has 0 saturated carbocycles. The summed E-state index contributed by atoms with van der Waals surface area (Å²) in [7, 11) is 0. The molecule has 0 unspecified atom stereocenters. The van der Waals surface area contributed by atoms with Gasteiger partial charge in [0.2, 0.25) is 0 Å². The quantitative estimate of drug-likeness (QED) is 0.306. The van der Waals surface area contributed by atoms with Crippen molar-refractivity contribution in [2.24, 2.45) is 0 Å². The van der Waals surface area contributed by atoms with Crippen LogP contribution in [0.1, 0.15) is 6.92 Å². The van der Waals surface area contributed by atoms with Crippen LogP contribution in [0.25, 0.3) is 0 Å². The summed E-state index contributed by atoms with van der Waals surface area (Å²) in [5.41, 5.74) is 0. The molecular formula is C4H11I2NS. The number of rotatable bonds is 0. The lowest BCUT2D eigenvalue weighted by Gasteiger charge is -1.77. The van der Waals surface area contributed by atoms with Crippen molar-refractivity contribution < 1.29 is 0 Å². The van der Waals surface area contributed by atoms with E-state index in [1.54, 1.807) is 6.92 Å². The molecular weight excluding hydrogens is 348 g/mol. The second-order valence-corrected chi connectivity index (χ2v) is 1.78. The topological polar surface area (TPSA) is 23.9 Å². The first kappa shape index (κ1) is 16.2. The summed E-state index contributed by atoms with van der Waals surface area (Å²) in [5, 5.41) is 7.38. The molecule has 1 nitrogen and oxygen atoms in total. The molecule has 0 aliphatic rings. The highest BCUT2D eigenvalue weighted by Crippen LogP contribution is 1.89. The molecule has 52 valence electrons. The maximum atomic E-state index is 6.71. The molecule has 0 aliphatic carbocycles. The average molecular weight is 359 g/mol. The second kappa shape index (κ2) is 15.8. The first-order valence-electron chi connectivity index (χ1n) is 1.74. The molecule has 0 aromatic carbocycles. The fraction of sp³-hybridized carbons (Fsp3) is 0.750. The van der Waals surface area contributed by atoms with Crippen LogP contribution in [0.3, 0.4) is 0 Å². The summed E-state index contributed by atoms with van der Waals surface area (Å²) in [4.78, 5) is 1.97. The molecule has 0 bridgehead atoms. The largest absolute Gasteiger partial charge is 0.299 e. The van der Waals surface area contributed by atoms with Gasteiger partial charge in [0, 0.05) is 0 Å². The third-order valence-electron chi connectivity index (χ3n) is 0.306. The fourth-order valence-electron chi connectivity index (χ4n) is 0. The molecule has 0 heterocycles. The SMILES string of the molecule is CI.CSC(C)=N.I. The normalized spacial score (nSPS) is 5.50. The molecule has 1 N–H and O–H groups in total. The van der Waals surface area contributed by atoms with Crippen molar-refractivity contribution in [1.82, 2.24) is 0 Å². The lowest BCUT2D eigenvalue weighted by atomic mass is 10.9. The Balaban J connectivity index is -0.0000000750. The molecule has 0 rings (SSSR count). The maximum Gasteiger partial charge on any atom is 0.0607 e. The summed E-state index contributed by atoms with van der Waals surface area (Å²) in [6, 6.07) is 0. The molecule has 0 saturated heterocycles. The van der Waals surface area contributed by atoms with E-state index in [-0.39, 0.29) is 24.0 Å². The Morgan fingerprint density at radius 3 is 1.62 bits per heavy atom. The van der Waals surface area contributed by atoms with Crippen LogP contribution in [-0.4, -0.2) is 16.2 Å². The van der Waals surface area contributed by atoms with Crippen molar-refractivity contribution in [1.29, 1.82) is 5.41 Å². The van der Waals surface area contributed by atoms with Gasteiger partial charge in [-0.25, -0.2) is 0 Å². The van der Waals surface area contributed by atoms with E-state index in [4.69, 9.17) is 5.41 Å². The molecule has 0 aromatic rings. The molecule has 8 heavy (non-hydrogen) atoms. The van der Waals surface area contributed by atoms with Crippen molar-refractivity contribution in [3.05, 3.63) is 0 Å². The first-order valence-corrected chi connectivity index (χ1v) is 5.12. The maximum absolute atomic E-state index is 6.71. The van der Waals surface area contributed by atoms with Gasteiger partial charge in [-0.3, -0.25) is 5.41 Å². The van der Waals surface area contributed by atoms with Gasteiger partial charge in [0.15, 0.2) is 0 Å². The van der Waals surface area contributed by atoms with Crippen LogP contribution in [0.5, 0.6) is 0 Å². The van der Waals surface area contributed by atoms with Crippen molar-refractivity contribution in [2.45, 2.75) is 6.92 Å². The molecule has 4 heteroatoms. The van der Waals surface area contributed by atoms with Gasteiger partial charge in [-0.05, 0) is 18.1 Å². The Morgan fingerprint density at radius 2 is 1.62 bits per heavy atom. The molecule has 0 aromatic heterocycles. The van der Waals surface area contributed by atoms with Gasteiger partial charge in [-0.2, -0.15) is 0 Å². The van der Waals surface area contributed by atoms with Crippen molar-refractivity contribution >= 4 is 63.4 Å². The average Bonchev–Trinajstić information content (AvgIpc) is 1.73. The lowest BCUT2D eigenvalue weighted by Crippen LogP contribution is -1.70. The van der Waals surface area contributed by atoms with Gasteiger partial charge in [0.05, 0.1) is 5.04 Å². The van der Waals surface area contributed by atoms with E-state index in [1.165, 1.54) is 11.8 Å². The Kier molecular flexibility index (Phi) is 32.1. The van der Waals surface area contributed by atoms with Crippen LogP contribution in [0.15, 0.2) is 0 Å². The highest BCUT2D eigenvalue weighted by atomic mass is 127. The van der Waals surface area contributed by atoms with Gasteiger partial charge in [-0.15, -0.1) is 35.7 Å². The van der Waals surface area contributed by atoms with E-state index in [0.717, 1.165) is 0 Å². The Bertz CT molecular complexity index is 49.3. The predicted octanol–water partition coefficient (Wildman–Crippen LogP) is 3.02.